The molecule has 1 saturated heterocycles. The van der Waals surface area contributed by atoms with E-state index in [4.69, 9.17) is 5.73 Å². The number of pyridine rings is 1. The number of nitrogens with two attached hydrogens (primary N) is 1. The third kappa shape index (κ3) is 2.57. The molecule has 1 unspecified atom stereocenters. The molecule has 0 radical (unpaired) electrons. The molecule has 104 valence electrons. The zero-order chi connectivity index (χ0) is 14.0. The summed E-state index contributed by atoms with van der Waals surface area (Å²) >= 11 is 0. The summed E-state index contributed by atoms with van der Waals surface area (Å²) in [5.74, 6) is 1.58. The highest BCUT2D eigenvalue weighted by Gasteiger charge is 2.32. The van der Waals surface area contributed by atoms with E-state index in [2.05, 4.69) is 15.2 Å². The number of amides is 1. The molecule has 0 aromatic carbocycles. The van der Waals surface area contributed by atoms with Crippen molar-refractivity contribution in [3.05, 3.63) is 12.1 Å². The SMILES string of the molecule is CNc1nc(N2CCCC2C(=O)N(C)C)ccc1N. The molecule has 1 atom stereocenters. The zero-order valence-corrected chi connectivity index (χ0v) is 11.7. The monoisotopic (exact) mass is 263 g/mol. The third-order valence-electron chi connectivity index (χ3n) is 3.42. The van der Waals surface area contributed by atoms with Gasteiger partial charge in [0.2, 0.25) is 5.91 Å². The molecule has 1 aromatic heterocycles. The Kier molecular flexibility index (Phi) is 3.78. The second kappa shape index (κ2) is 5.34. The van der Waals surface area contributed by atoms with Crippen molar-refractivity contribution in [2.75, 3.05) is 43.6 Å². The smallest absolute Gasteiger partial charge is 0.244 e. The molecular weight excluding hydrogens is 242 g/mol. The van der Waals surface area contributed by atoms with Gasteiger partial charge in [0, 0.05) is 27.7 Å². The Morgan fingerprint density at radius 2 is 2.26 bits per heavy atom. The van der Waals surface area contributed by atoms with Gasteiger partial charge >= 0.3 is 0 Å². The van der Waals surface area contributed by atoms with Gasteiger partial charge in [0.05, 0.1) is 5.69 Å². The lowest BCUT2D eigenvalue weighted by Gasteiger charge is -2.27. The lowest BCUT2D eigenvalue weighted by atomic mass is 10.2. The maximum Gasteiger partial charge on any atom is 0.244 e. The molecule has 1 amide bonds. The van der Waals surface area contributed by atoms with Crippen molar-refractivity contribution < 1.29 is 4.79 Å². The quantitative estimate of drug-likeness (QED) is 0.842. The van der Waals surface area contributed by atoms with Crippen LogP contribution in [-0.2, 0) is 4.79 Å². The molecule has 0 aliphatic carbocycles. The first kappa shape index (κ1) is 13.5. The number of aromatic nitrogens is 1. The summed E-state index contributed by atoms with van der Waals surface area (Å²) in [6.45, 7) is 0.852. The molecule has 19 heavy (non-hydrogen) atoms. The van der Waals surface area contributed by atoms with Crippen molar-refractivity contribution in [1.82, 2.24) is 9.88 Å². The number of nitrogen functional groups attached to an aromatic ring is 1. The van der Waals surface area contributed by atoms with Crippen LogP contribution in [0.2, 0.25) is 0 Å². The van der Waals surface area contributed by atoms with E-state index in [0.717, 1.165) is 25.2 Å². The molecule has 1 aromatic rings. The summed E-state index contributed by atoms with van der Waals surface area (Å²) in [4.78, 5) is 20.3. The average molecular weight is 263 g/mol. The number of carbonyl (C=O) groups is 1. The van der Waals surface area contributed by atoms with Crippen LogP contribution in [0.3, 0.4) is 0 Å². The predicted octanol–water partition coefficient (Wildman–Crippen LogP) is 0.762. The Bertz CT molecular complexity index is 474. The molecule has 0 spiro atoms. The summed E-state index contributed by atoms with van der Waals surface area (Å²) < 4.78 is 0. The van der Waals surface area contributed by atoms with E-state index in [-0.39, 0.29) is 11.9 Å². The standard InChI is InChI=1S/C13H21N5O/c1-15-12-9(14)6-7-11(16-12)18-8-4-5-10(18)13(19)17(2)3/h6-7,10H,4-5,8,14H2,1-3H3,(H,15,16). The van der Waals surface area contributed by atoms with Crippen LogP contribution in [0.25, 0.3) is 0 Å². The number of nitrogens with one attached hydrogen (secondary N) is 1. The molecule has 0 saturated carbocycles. The molecule has 2 heterocycles. The first-order valence-corrected chi connectivity index (χ1v) is 6.46. The second-order valence-electron chi connectivity index (χ2n) is 4.94. The largest absolute Gasteiger partial charge is 0.396 e. The van der Waals surface area contributed by atoms with Crippen LogP contribution in [0.5, 0.6) is 0 Å². The van der Waals surface area contributed by atoms with Gasteiger partial charge in [0.15, 0.2) is 5.82 Å². The molecule has 3 N–H and O–H groups in total. The van der Waals surface area contributed by atoms with Crippen LogP contribution in [0.1, 0.15) is 12.8 Å². The molecule has 1 aliphatic rings. The molecule has 6 nitrogen and oxygen atoms in total. The van der Waals surface area contributed by atoms with Crippen molar-refractivity contribution in [2.24, 2.45) is 0 Å². The minimum absolute atomic E-state index is 0.115. The summed E-state index contributed by atoms with van der Waals surface area (Å²) in [5.41, 5.74) is 6.43. The van der Waals surface area contributed by atoms with E-state index < -0.39 is 0 Å². The molecule has 0 bridgehead atoms. The number of likely N-dealkylation sites (N-methyl/N-ethyl adjacent to an activating group) is 1. The number of rotatable bonds is 3. The van der Waals surface area contributed by atoms with E-state index >= 15 is 0 Å². The van der Waals surface area contributed by atoms with Gasteiger partial charge in [0.25, 0.3) is 0 Å². The Labute approximate surface area is 113 Å². The van der Waals surface area contributed by atoms with Gasteiger partial charge in [-0.2, -0.15) is 0 Å². The van der Waals surface area contributed by atoms with Gasteiger partial charge < -0.3 is 20.9 Å². The molecular formula is C13H21N5O. The summed E-state index contributed by atoms with van der Waals surface area (Å²) in [6.07, 6.45) is 1.88. The first-order valence-electron chi connectivity index (χ1n) is 6.46. The lowest BCUT2D eigenvalue weighted by Crippen LogP contribution is -2.43. The van der Waals surface area contributed by atoms with Gasteiger partial charge in [-0.1, -0.05) is 0 Å². The normalized spacial score (nSPS) is 18.5. The van der Waals surface area contributed by atoms with Gasteiger partial charge in [0.1, 0.15) is 11.9 Å². The van der Waals surface area contributed by atoms with E-state index in [1.807, 2.05) is 12.1 Å². The van der Waals surface area contributed by atoms with Crippen LogP contribution >= 0.6 is 0 Å². The molecule has 6 heteroatoms. The van der Waals surface area contributed by atoms with Crippen molar-refractivity contribution in [1.29, 1.82) is 0 Å². The number of nitrogens with zero attached hydrogens (tertiary/aromatic N) is 3. The average Bonchev–Trinajstić information content (AvgIpc) is 2.87. The third-order valence-corrected chi connectivity index (χ3v) is 3.42. The minimum atomic E-state index is -0.115. The summed E-state index contributed by atoms with van der Waals surface area (Å²) in [6, 6.07) is 3.58. The van der Waals surface area contributed by atoms with Crippen LogP contribution in [0.15, 0.2) is 12.1 Å². The second-order valence-corrected chi connectivity index (χ2v) is 4.94. The Morgan fingerprint density at radius 1 is 1.53 bits per heavy atom. The number of anilines is 3. The van der Waals surface area contributed by atoms with Crippen molar-refractivity contribution in [3.8, 4) is 0 Å². The molecule has 2 rings (SSSR count). The number of hydrogen-bond donors (Lipinski definition) is 2. The molecule has 1 aliphatic heterocycles. The van der Waals surface area contributed by atoms with E-state index in [9.17, 15) is 4.79 Å². The highest BCUT2D eigenvalue weighted by molar-refractivity contribution is 5.85. The molecule has 1 fully saturated rings. The zero-order valence-electron chi connectivity index (χ0n) is 11.7. The fourth-order valence-electron chi connectivity index (χ4n) is 2.42. The van der Waals surface area contributed by atoms with Crippen LogP contribution in [0.4, 0.5) is 17.3 Å². The summed E-state index contributed by atoms with van der Waals surface area (Å²) in [5, 5.41) is 2.97. The maximum absolute atomic E-state index is 12.2. The lowest BCUT2D eigenvalue weighted by molar-refractivity contribution is -0.129. The van der Waals surface area contributed by atoms with Crippen LogP contribution < -0.4 is 16.0 Å². The van der Waals surface area contributed by atoms with Crippen LogP contribution in [-0.4, -0.2) is 49.5 Å². The number of hydrogen-bond acceptors (Lipinski definition) is 5. The predicted molar refractivity (Wildman–Crippen MR) is 77.3 cm³/mol. The Hall–Kier alpha value is -1.98. The fraction of sp³-hybridized carbons (Fsp3) is 0.538. The Morgan fingerprint density at radius 3 is 2.89 bits per heavy atom. The van der Waals surface area contributed by atoms with Gasteiger partial charge in [-0.05, 0) is 25.0 Å². The topological polar surface area (TPSA) is 74.5 Å². The summed E-state index contributed by atoms with van der Waals surface area (Å²) in [7, 11) is 5.36. The first-order chi connectivity index (χ1) is 9.04. The maximum atomic E-state index is 12.2. The Balaban J connectivity index is 2.27. The van der Waals surface area contributed by atoms with Crippen molar-refractivity contribution in [3.63, 3.8) is 0 Å². The fourth-order valence-corrected chi connectivity index (χ4v) is 2.42. The van der Waals surface area contributed by atoms with Gasteiger partial charge in [-0.25, -0.2) is 4.98 Å². The minimum Gasteiger partial charge on any atom is -0.396 e. The van der Waals surface area contributed by atoms with E-state index in [0.29, 0.717) is 11.5 Å². The van der Waals surface area contributed by atoms with E-state index in [1.54, 1.807) is 26.0 Å². The van der Waals surface area contributed by atoms with Gasteiger partial charge in [-0.15, -0.1) is 0 Å². The van der Waals surface area contributed by atoms with Crippen molar-refractivity contribution >= 4 is 23.2 Å². The van der Waals surface area contributed by atoms with E-state index in [1.165, 1.54) is 0 Å². The highest BCUT2D eigenvalue weighted by Crippen LogP contribution is 2.27. The number of carbonyl (C=O) groups excluding carboxylic acids is 1. The van der Waals surface area contributed by atoms with Crippen LogP contribution in [0, 0.1) is 0 Å². The van der Waals surface area contributed by atoms with Gasteiger partial charge in [-0.3, -0.25) is 4.79 Å². The van der Waals surface area contributed by atoms with Crippen molar-refractivity contribution in [2.45, 2.75) is 18.9 Å². The highest BCUT2D eigenvalue weighted by atomic mass is 16.2.